The van der Waals surface area contributed by atoms with Crippen molar-refractivity contribution in [3.8, 4) is 11.3 Å². The van der Waals surface area contributed by atoms with Crippen LogP contribution in [0.15, 0.2) is 48.9 Å². The maximum absolute atomic E-state index is 12.4. The lowest BCUT2D eigenvalue weighted by atomic mass is 10.1. The largest absolute Gasteiger partial charge is 0.340 e. The van der Waals surface area contributed by atoms with Gasteiger partial charge < -0.3 is 15.2 Å². The first kappa shape index (κ1) is 23.5. The number of aromatic nitrogens is 5. The summed E-state index contributed by atoms with van der Waals surface area (Å²) in [6, 6.07) is 12.2. The van der Waals surface area contributed by atoms with Crippen LogP contribution >= 0.6 is 0 Å². The fraction of sp³-hybridized carbons (Fsp3) is 0.393. The standard InChI is InChI=1S/C28H32N8O/c1-18(2)23-15-24(31-17-30-23)20-7-8-22-25(14-20)33-28(32-22)34-26-21(4-3-9-29-26)16-35-10-12-36(13-11-35)27(37)19-5-6-19/h3-4,7-9,14-15,17-19H,5-6,10-13,16H2,1-2H3,(H2,29,32,33,34). The van der Waals surface area contributed by atoms with Gasteiger partial charge in [0.15, 0.2) is 0 Å². The minimum absolute atomic E-state index is 0.291. The van der Waals surface area contributed by atoms with Gasteiger partial charge >= 0.3 is 0 Å². The number of rotatable bonds is 7. The molecule has 1 aromatic carbocycles. The van der Waals surface area contributed by atoms with E-state index in [1.54, 1.807) is 12.5 Å². The molecule has 4 heterocycles. The van der Waals surface area contributed by atoms with Crippen molar-refractivity contribution in [3.63, 3.8) is 0 Å². The van der Waals surface area contributed by atoms with Crippen molar-refractivity contribution in [3.05, 3.63) is 60.2 Å². The molecule has 0 atom stereocenters. The van der Waals surface area contributed by atoms with E-state index in [9.17, 15) is 4.79 Å². The van der Waals surface area contributed by atoms with Gasteiger partial charge in [-0.1, -0.05) is 26.0 Å². The predicted molar refractivity (Wildman–Crippen MR) is 143 cm³/mol. The lowest BCUT2D eigenvalue weighted by Gasteiger charge is -2.35. The van der Waals surface area contributed by atoms with Crippen LogP contribution < -0.4 is 5.32 Å². The zero-order valence-corrected chi connectivity index (χ0v) is 21.3. The fourth-order valence-electron chi connectivity index (χ4n) is 4.82. The van der Waals surface area contributed by atoms with E-state index in [1.807, 2.05) is 29.2 Å². The minimum Gasteiger partial charge on any atom is -0.340 e. The quantitative estimate of drug-likeness (QED) is 0.392. The normalized spacial score (nSPS) is 16.5. The zero-order chi connectivity index (χ0) is 25.4. The number of carbonyl (C=O) groups is 1. The van der Waals surface area contributed by atoms with Crippen molar-refractivity contribution in [1.29, 1.82) is 0 Å². The van der Waals surface area contributed by atoms with Crippen molar-refractivity contribution in [2.45, 2.75) is 39.2 Å². The van der Waals surface area contributed by atoms with E-state index in [1.165, 1.54) is 0 Å². The van der Waals surface area contributed by atoms with E-state index < -0.39 is 0 Å². The van der Waals surface area contributed by atoms with E-state index in [4.69, 9.17) is 4.98 Å². The first-order chi connectivity index (χ1) is 18.0. The number of piperazine rings is 1. The summed E-state index contributed by atoms with van der Waals surface area (Å²) >= 11 is 0. The number of fused-ring (bicyclic) bond motifs is 1. The number of hydrogen-bond donors (Lipinski definition) is 2. The number of nitrogens with one attached hydrogen (secondary N) is 2. The highest BCUT2D eigenvalue weighted by atomic mass is 16.2. The van der Waals surface area contributed by atoms with Gasteiger partial charge in [-0.05, 0) is 43.0 Å². The number of hydrogen-bond acceptors (Lipinski definition) is 7. The van der Waals surface area contributed by atoms with E-state index in [2.05, 4.69) is 56.1 Å². The molecule has 2 aliphatic rings. The smallest absolute Gasteiger partial charge is 0.225 e. The first-order valence-electron chi connectivity index (χ1n) is 13.1. The Morgan fingerprint density at radius 3 is 2.70 bits per heavy atom. The molecule has 0 spiro atoms. The molecular weight excluding hydrogens is 464 g/mol. The molecule has 0 unspecified atom stereocenters. The third kappa shape index (κ3) is 5.17. The van der Waals surface area contributed by atoms with E-state index in [-0.39, 0.29) is 0 Å². The van der Waals surface area contributed by atoms with Gasteiger partial charge in [0.05, 0.1) is 16.7 Å². The van der Waals surface area contributed by atoms with Gasteiger partial charge in [-0.25, -0.2) is 19.9 Å². The summed E-state index contributed by atoms with van der Waals surface area (Å²) in [7, 11) is 0. The van der Waals surface area contributed by atoms with Crippen molar-refractivity contribution in [2.75, 3.05) is 31.5 Å². The molecule has 9 heteroatoms. The van der Waals surface area contributed by atoms with E-state index in [0.717, 1.165) is 84.9 Å². The Labute approximate surface area is 216 Å². The number of pyridine rings is 1. The zero-order valence-electron chi connectivity index (χ0n) is 21.3. The molecule has 6 rings (SSSR count). The Hall–Kier alpha value is -3.85. The highest BCUT2D eigenvalue weighted by molar-refractivity contribution is 5.83. The van der Waals surface area contributed by atoms with Crippen LogP contribution in [0.2, 0.25) is 0 Å². The average molecular weight is 497 g/mol. The Morgan fingerprint density at radius 2 is 1.92 bits per heavy atom. The van der Waals surface area contributed by atoms with E-state index in [0.29, 0.717) is 23.7 Å². The summed E-state index contributed by atoms with van der Waals surface area (Å²) in [4.78, 5) is 38.4. The van der Waals surface area contributed by atoms with Gasteiger partial charge in [0.2, 0.25) is 11.9 Å². The Morgan fingerprint density at radius 1 is 1.08 bits per heavy atom. The van der Waals surface area contributed by atoms with Gasteiger partial charge in [0.1, 0.15) is 12.1 Å². The van der Waals surface area contributed by atoms with Crippen LogP contribution in [0.4, 0.5) is 11.8 Å². The summed E-state index contributed by atoms with van der Waals surface area (Å²) in [5.74, 6) is 2.42. The number of aromatic amines is 1. The second-order valence-corrected chi connectivity index (χ2v) is 10.3. The van der Waals surface area contributed by atoms with Crippen LogP contribution in [-0.4, -0.2) is 66.8 Å². The maximum Gasteiger partial charge on any atom is 0.225 e. The number of nitrogens with zero attached hydrogens (tertiary/aromatic N) is 6. The number of amides is 1. The number of anilines is 2. The van der Waals surface area contributed by atoms with Crippen LogP contribution in [0.5, 0.6) is 0 Å². The molecule has 190 valence electrons. The Kier molecular flexibility index (Phi) is 6.30. The summed E-state index contributed by atoms with van der Waals surface area (Å²) < 4.78 is 0. The second-order valence-electron chi connectivity index (χ2n) is 10.3. The molecular formula is C28H32N8O. The predicted octanol–water partition coefficient (Wildman–Crippen LogP) is 4.34. The molecule has 1 saturated carbocycles. The molecule has 2 fully saturated rings. The Balaban J connectivity index is 1.16. The van der Waals surface area contributed by atoms with Gasteiger partial charge in [0.25, 0.3) is 0 Å². The van der Waals surface area contributed by atoms with Crippen LogP contribution in [0.3, 0.4) is 0 Å². The van der Waals surface area contributed by atoms with Crippen LogP contribution in [-0.2, 0) is 11.3 Å². The Bertz CT molecular complexity index is 1420. The van der Waals surface area contributed by atoms with Crippen LogP contribution in [0.25, 0.3) is 22.3 Å². The SMILES string of the molecule is CC(C)c1cc(-c2ccc3nc(Nc4ncccc4CN4CCN(C(=O)C5CC5)CC4)[nH]c3c2)ncn1. The third-order valence-corrected chi connectivity index (χ3v) is 7.19. The molecule has 1 aliphatic carbocycles. The summed E-state index contributed by atoms with van der Waals surface area (Å²) in [6.45, 7) is 8.39. The summed E-state index contributed by atoms with van der Waals surface area (Å²) in [5.41, 5.74) is 5.85. The molecule has 0 bridgehead atoms. The molecule has 1 saturated heterocycles. The highest BCUT2D eigenvalue weighted by Crippen LogP contribution is 2.31. The third-order valence-electron chi connectivity index (χ3n) is 7.19. The molecule has 1 amide bonds. The molecule has 9 nitrogen and oxygen atoms in total. The molecule has 3 aromatic heterocycles. The average Bonchev–Trinajstić information content (AvgIpc) is 3.69. The topological polar surface area (TPSA) is 103 Å². The summed E-state index contributed by atoms with van der Waals surface area (Å²) in [5, 5.41) is 3.39. The number of carbonyl (C=O) groups excluding carboxylic acids is 1. The number of imidazole rings is 1. The summed E-state index contributed by atoms with van der Waals surface area (Å²) in [6.07, 6.45) is 5.54. The lowest BCUT2D eigenvalue weighted by molar-refractivity contribution is -0.134. The van der Waals surface area contributed by atoms with Crippen LogP contribution in [0.1, 0.15) is 43.9 Å². The fourth-order valence-corrected chi connectivity index (χ4v) is 4.82. The number of H-pyrrole nitrogens is 1. The molecule has 1 aliphatic heterocycles. The van der Waals surface area contributed by atoms with Gasteiger partial charge in [-0.15, -0.1) is 0 Å². The van der Waals surface area contributed by atoms with Crippen molar-refractivity contribution < 1.29 is 4.79 Å². The van der Waals surface area contributed by atoms with Crippen molar-refractivity contribution >= 4 is 28.7 Å². The van der Waals surface area contributed by atoms with Crippen molar-refractivity contribution in [2.24, 2.45) is 5.92 Å². The highest BCUT2D eigenvalue weighted by Gasteiger charge is 2.34. The van der Waals surface area contributed by atoms with Gasteiger partial charge in [-0.3, -0.25) is 9.69 Å². The molecule has 4 aromatic rings. The molecule has 2 N–H and O–H groups in total. The lowest BCUT2D eigenvalue weighted by Crippen LogP contribution is -2.48. The van der Waals surface area contributed by atoms with Crippen LogP contribution in [0, 0.1) is 5.92 Å². The minimum atomic E-state index is 0.291. The monoisotopic (exact) mass is 496 g/mol. The molecule has 0 radical (unpaired) electrons. The number of benzene rings is 1. The van der Waals surface area contributed by atoms with Crippen molar-refractivity contribution in [1.82, 2.24) is 34.7 Å². The van der Waals surface area contributed by atoms with Gasteiger partial charge in [0, 0.05) is 61.7 Å². The second kappa shape index (κ2) is 9.89. The van der Waals surface area contributed by atoms with Gasteiger partial charge in [-0.2, -0.15) is 0 Å². The molecule has 37 heavy (non-hydrogen) atoms. The first-order valence-corrected chi connectivity index (χ1v) is 13.1. The maximum atomic E-state index is 12.4. The van der Waals surface area contributed by atoms with E-state index >= 15 is 0 Å².